The number of ether oxygens (including phenoxy) is 1. The lowest BCUT2D eigenvalue weighted by atomic mass is 9.85. The molecule has 0 saturated heterocycles. The molecule has 0 aliphatic heterocycles. The van der Waals surface area contributed by atoms with Crippen molar-refractivity contribution >= 4 is 29.1 Å². The Morgan fingerprint density at radius 2 is 2.00 bits per heavy atom. The molecule has 1 aromatic heterocycles. The number of amides is 1. The van der Waals surface area contributed by atoms with Crippen molar-refractivity contribution in [3.63, 3.8) is 0 Å². The van der Waals surface area contributed by atoms with Gasteiger partial charge in [-0.3, -0.25) is 9.78 Å². The second kappa shape index (κ2) is 8.20. The van der Waals surface area contributed by atoms with E-state index in [4.69, 9.17) is 27.9 Å². The Balaban J connectivity index is 1.69. The third-order valence-electron chi connectivity index (χ3n) is 4.35. The molecule has 8 heteroatoms. The topological polar surface area (TPSA) is 84.3 Å². The number of rotatable bonds is 5. The number of nitrogens with zero attached hydrogens (tertiary/aromatic N) is 2. The van der Waals surface area contributed by atoms with E-state index >= 15 is 0 Å². The van der Waals surface area contributed by atoms with Gasteiger partial charge in [0.05, 0.1) is 28.6 Å². The molecule has 0 bridgehead atoms. The van der Waals surface area contributed by atoms with Gasteiger partial charge in [0.15, 0.2) is 5.15 Å². The van der Waals surface area contributed by atoms with Crippen LogP contribution in [-0.2, 0) is 0 Å². The molecule has 1 amide bonds. The van der Waals surface area contributed by atoms with Gasteiger partial charge >= 0.3 is 0 Å². The molecular formula is C18H19Cl2N3O3. The third kappa shape index (κ3) is 4.84. The van der Waals surface area contributed by atoms with E-state index in [2.05, 4.69) is 15.3 Å². The minimum absolute atomic E-state index is 0.201. The minimum Gasteiger partial charge on any atom is -0.437 e. The Kier molecular flexibility index (Phi) is 5.96. The first-order chi connectivity index (χ1) is 12.5. The van der Waals surface area contributed by atoms with Crippen molar-refractivity contribution in [1.29, 1.82) is 0 Å². The van der Waals surface area contributed by atoms with Gasteiger partial charge < -0.3 is 15.2 Å². The fourth-order valence-corrected chi connectivity index (χ4v) is 3.31. The molecule has 1 heterocycles. The van der Waals surface area contributed by atoms with Crippen molar-refractivity contribution in [1.82, 2.24) is 15.3 Å². The molecule has 6 nitrogen and oxygen atoms in total. The zero-order valence-corrected chi connectivity index (χ0v) is 15.6. The quantitative estimate of drug-likeness (QED) is 0.798. The maximum atomic E-state index is 12.5. The van der Waals surface area contributed by atoms with Crippen LogP contribution in [-0.4, -0.2) is 33.1 Å². The first-order valence-electron chi connectivity index (χ1n) is 8.41. The second-order valence-electron chi connectivity index (χ2n) is 6.39. The predicted octanol–water partition coefficient (Wildman–Crippen LogP) is 4.00. The second-order valence-corrected chi connectivity index (χ2v) is 7.19. The normalized spacial score (nSPS) is 16.1. The van der Waals surface area contributed by atoms with Gasteiger partial charge in [-0.1, -0.05) is 42.5 Å². The maximum Gasteiger partial charge on any atom is 0.253 e. The highest BCUT2D eigenvalue weighted by Crippen LogP contribution is 2.28. The lowest BCUT2D eigenvalue weighted by molar-refractivity contribution is 0.00526. The molecule has 1 aliphatic carbocycles. The zero-order chi connectivity index (χ0) is 18.6. The van der Waals surface area contributed by atoms with Gasteiger partial charge in [-0.05, 0) is 31.0 Å². The van der Waals surface area contributed by atoms with Crippen LogP contribution < -0.4 is 10.1 Å². The number of halogens is 2. The van der Waals surface area contributed by atoms with Gasteiger partial charge in [0.1, 0.15) is 5.75 Å². The smallest absolute Gasteiger partial charge is 0.253 e. The highest BCUT2D eigenvalue weighted by atomic mass is 35.5. The zero-order valence-electron chi connectivity index (χ0n) is 14.0. The Hall–Kier alpha value is -1.89. The number of benzene rings is 1. The highest BCUT2D eigenvalue weighted by molar-refractivity contribution is 6.33. The first kappa shape index (κ1) is 18.9. The number of aliphatic hydroxyl groups is 1. The van der Waals surface area contributed by atoms with Crippen molar-refractivity contribution < 1.29 is 14.6 Å². The molecule has 26 heavy (non-hydrogen) atoms. The summed E-state index contributed by atoms with van der Waals surface area (Å²) >= 11 is 11.9. The van der Waals surface area contributed by atoms with Gasteiger partial charge in [0.25, 0.3) is 5.91 Å². The van der Waals surface area contributed by atoms with Crippen LogP contribution in [0.2, 0.25) is 10.2 Å². The standard InChI is InChI=1S/C18H19Cl2N3O3/c19-14-5-4-12(26-16-10-21-9-15(20)23-16)8-13(14)17(24)22-11-18(25)6-2-1-3-7-18/h4-5,8-10,25H,1-3,6-7,11H2,(H,22,24). The molecule has 2 aromatic rings. The largest absolute Gasteiger partial charge is 0.437 e. The van der Waals surface area contributed by atoms with E-state index in [1.165, 1.54) is 18.5 Å². The van der Waals surface area contributed by atoms with Gasteiger partial charge in [-0.15, -0.1) is 0 Å². The molecule has 1 aliphatic rings. The Bertz CT molecular complexity index is 795. The van der Waals surface area contributed by atoms with Crippen molar-refractivity contribution in [2.24, 2.45) is 0 Å². The lowest BCUT2D eigenvalue weighted by Gasteiger charge is -2.32. The number of carbonyl (C=O) groups excluding carboxylic acids is 1. The van der Waals surface area contributed by atoms with E-state index in [0.717, 1.165) is 19.3 Å². The Morgan fingerprint density at radius 3 is 2.73 bits per heavy atom. The summed E-state index contributed by atoms with van der Waals surface area (Å²) < 4.78 is 5.57. The van der Waals surface area contributed by atoms with Crippen molar-refractivity contribution in [2.45, 2.75) is 37.7 Å². The Morgan fingerprint density at radius 1 is 1.23 bits per heavy atom. The molecule has 0 atom stereocenters. The van der Waals surface area contributed by atoms with Crippen molar-refractivity contribution in [3.8, 4) is 11.6 Å². The van der Waals surface area contributed by atoms with E-state index in [-0.39, 0.29) is 29.0 Å². The minimum atomic E-state index is -0.842. The van der Waals surface area contributed by atoms with E-state index < -0.39 is 5.60 Å². The van der Waals surface area contributed by atoms with Gasteiger partial charge in [-0.2, -0.15) is 4.98 Å². The molecule has 1 saturated carbocycles. The van der Waals surface area contributed by atoms with E-state index in [9.17, 15) is 9.90 Å². The van der Waals surface area contributed by atoms with E-state index in [1.54, 1.807) is 12.1 Å². The van der Waals surface area contributed by atoms with E-state index in [1.807, 2.05) is 0 Å². The van der Waals surface area contributed by atoms with Crippen LogP contribution in [0.25, 0.3) is 0 Å². The summed E-state index contributed by atoms with van der Waals surface area (Å²) in [7, 11) is 0. The SMILES string of the molecule is O=C(NCC1(O)CCCCC1)c1cc(Oc2cncc(Cl)n2)ccc1Cl. The molecule has 1 fully saturated rings. The number of nitrogens with one attached hydrogen (secondary N) is 1. The van der Waals surface area contributed by atoms with Crippen LogP contribution >= 0.6 is 23.2 Å². The fourth-order valence-electron chi connectivity index (χ4n) is 2.96. The molecule has 0 spiro atoms. The summed E-state index contributed by atoms with van der Waals surface area (Å²) in [4.78, 5) is 20.4. The Labute approximate surface area is 161 Å². The molecule has 138 valence electrons. The molecule has 1 aromatic carbocycles. The average Bonchev–Trinajstić information content (AvgIpc) is 2.62. The van der Waals surface area contributed by atoms with Gasteiger partial charge in [0.2, 0.25) is 5.88 Å². The fraction of sp³-hybridized carbons (Fsp3) is 0.389. The molecule has 3 rings (SSSR count). The summed E-state index contributed by atoms with van der Waals surface area (Å²) in [6, 6.07) is 4.71. The van der Waals surface area contributed by atoms with Crippen LogP contribution in [0.3, 0.4) is 0 Å². The van der Waals surface area contributed by atoms with Crippen LogP contribution in [0.4, 0.5) is 0 Å². The molecule has 0 unspecified atom stereocenters. The number of hydrogen-bond acceptors (Lipinski definition) is 5. The van der Waals surface area contributed by atoms with Crippen molar-refractivity contribution in [3.05, 3.63) is 46.3 Å². The summed E-state index contributed by atoms with van der Waals surface area (Å²) in [5, 5.41) is 13.8. The molecule has 0 radical (unpaired) electrons. The molecule has 2 N–H and O–H groups in total. The number of carbonyl (C=O) groups is 1. The number of aromatic nitrogens is 2. The van der Waals surface area contributed by atoms with Gasteiger partial charge in [0, 0.05) is 6.54 Å². The van der Waals surface area contributed by atoms with Crippen LogP contribution in [0, 0.1) is 0 Å². The predicted molar refractivity (Wildman–Crippen MR) is 98.9 cm³/mol. The monoisotopic (exact) mass is 395 g/mol. The van der Waals surface area contributed by atoms with Crippen molar-refractivity contribution in [2.75, 3.05) is 6.54 Å². The van der Waals surface area contributed by atoms with E-state index in [0.29, 0.717) is 23.6 Å². The maximum absolute atomic E-state index is 12.5. The van der Waals surface area contributed by atoms with Gasteiger partial charge in [-0.25, -0.2) is 0 Å². The van der Waals surface area contributed by atoms with Crippen LogP contribution in [0.15, 0.2) is 30.6 Å². The summed E-state index contributed by atoms with van der Waals surface area (Å²) in [5.41, 5.74) is -0.580. The first-order valence-corrected chi connectivity index (χ1v) is 9.16. The average molecular weight is 396 g/mol. The summed E-state index contributed by atoms with van der Waals surface area (Å²) in [6.07, 6.45) is 7.25. The van der Waals surface area contributed by atoms with Crippen LogP contribution in [0.1, 0.15) is 42.5 Å². The van der Waals surface area contributed by atoms with Crippen LogP contribution in [0.5, 0.6) is 11.6 Å². The summed E-state index contributed by atoms with van der Waals surface area (Å²) in [5.74, 6) is 0.229. The number of hydrogen-bond donors (Lipinski definition) is 2. The highest BCUT2D eigenvalue weighted by Gasteiger charge is 2.29. The molecular weight excluding hydrogens is 377 g/mol. The third-order valence-corrected chi connectivity index (χ3v) is 4.86. The lowest BCUT2D eigenvalue weighted by Crippen LogP contribution is -2.44. The summed E-state index contributed by atoms with van der Waals surface area (Å²) in [6.45, 7) is 0.201.